The first-order chi connectivity index (χ1) is 16.2. The molecule has 7 nitrogen and oxygen atoms in total. The van der Waals surface area contributed by atoms with Gasteiger partial charge in [-0.2, -0.15) is 0 Å². The van der Waals surface area contributed by atoms with Gasteiger partial charge in [0.15, 0.2) is 10.9 Å². The Balaban J connectivity index is 1.43. The van der Waals surface area contributed by atoms with Crippen LogP contribution in [0.4, 0.5) is 10.8 Å². The number of nitrogens with one attached hydrogen (secondary N) is 1. The smallest absolute Gasteiger partial charge is 0.257 e. The zero-order valence-electron chi connectivity index (χ0n) is 18.4. The zero-order valence-corrected chi connectivity index (χ0v) is 20.1. The average molecular weight is 492 g/mol. The summed E-state index contributed by atoms with van der Waals surface area (Å²) in [5.74, 6) is -0.435. The molecule has 34 heavy (non-hydrogen) atoms. The van der Waals surface area contributed by atoms with Gasteiger partial charge >= 0.3 is 0 Å². The third kappa shape index (κ3) is 5.22. The van der Waals surface area contributed by atoms with Gasteiger partial charge in [0.25, 0.3) is 5.91 Å². The predicted molar refractivity (Wildman–Crippen MR) is 135 cm³/mol. The Labute approximate surface area is 201 Å². The lowest BCUT2D eigenvalue weighted by molar-refractivity contribution is 0.102. The van der Waals surface area contributed by atoms with E-state index in [1.54, 1.807) is 72.8 Å². The van der Waals surface area contributed by atoms with Crippen LogP contribution in [-0.4, -0.2) is 38.4 Å². The minimum atomic E-state index is -3.34. The number of thiazole rings is 1. The van der Waals surface area contributed by atoms with Crippen molar-refractivity contribution in [2.45, 2.75) is 0 Å². The van der Waals surface area contributed by atoms with Crippen molar-refractivity contribution in [3.63, 3.8) is 0 Å². The number of amides is 1. The summed E-state index contributed by atoms with van der Waals surface area (Å²) < 4.78 is 24.6. The third-order valence-electron chi connectivity index (χ3n) is 5.19. The van der Waals surface area contributed by atoms with Gasteiger partial charge in [0.1, 0.15) is 0 Å². The molecule has 1 amide bonds. The molecule has 1 N–H and O–H groups in total. The molecule has 0 spiro atoms. The molecule has 172 valence electrons. The monoisotopic (exact) mass is 491 g/mol. The van der Waals surface area contributed by atoms with Crippen LogP contribution in [0.1, 0.15) is 26.3 Å². The number of rotatable bonds is 7. The summed E-state index contributed by atoms with van der Waals surface area (Å²) in [6.45, 7) is 0. The summed E-state index contributed by atoms with van der Waals surface area (Å²) in [4.78, 5) is 29.6. The van der Waals surface area contributed by atoms with Crippen LogP contribution in [0.5, 0.6) is 0 Å². The molecule has 0 aliphatic carbocycles. The van der Waals surface area contributed by atoms with E-state index in [1.807, 2.05) is 11.4 Å². The molecule has 0 saturated carbocycles. The highest BCUT2D eigenvalue weighted by Gasteiger charge is 2.14. The fraction of sp³-hybridized carbons (Fsp3) is 0.0800. The fourth-order valence-corrected chi connectivity index (χ4v) is 4.42. The Kier molecular flexibility index (Phi) is 6.58. The van der Waals surface area contributed by atoms with Crippen molar-refractivity contribution in [1.29, 1.82) is 0 Å². The summed E-state index contributed by atoms with van der Waals surface area (Å²) in [6.07, 6.45) is 1.14. The Morgan fingerprint density at radius 1 is 0.853 bits per heavy atom. The van der Waals surface area contributed by atoms with Crippen molar-refractivity contribution >= 4 is 43.9 Å². The van der Waals surface area contributed by atoms with E-state index in [4.69, 9.17) is 0 Å². The van der Waals surface area contributed by atoms with Crippen molar-refractivity contribution in [3.8, 4) is 11.3 Å². The quantitative estimate of drug-likeness (QED) is 0.379. The highest BCUT2D eigenvalue weighted by molar-refractivity contribution is 7.92. The van der Waals surface area contributed by atoms with Crippen LogP contribution in [0.15, 0.2) is 84.2 Å². The minimum Gasteiger partial charge on any atom is -0.298 e. The van der Waals surface area contributed by atoms with Crippen molar-refractivity contribution in [2.24, 2.45) is 0 Å². The molecule has 0 aliphatic heterocycles. The second kappa shape index (κ2) is 9.58. The van der Waals surface area contributed by atoms with E-state index >= 15 is 0 Å². The van der Waals surface area contributed by atoms with E-state index < -0.39 is 10.0 Å². The average Bonchev–Trinajstić information content (AvgIpc) is 3.31. The highest BCUT2D eigenvalue weighted by atomic mass is 32.2. The normalized spacial score (nSPS) is 11.1. The van der Waals surface area contributed by atoms with Crippen molar-refractivity contribution in [1.82, 2.24) is 4.98 Å². The number of nitrogens with zero attached hydrogens (tertiary/aromatic N) is 2. The second-order valence-electron chi connectivity index (χ2n) is 7.54. The molecule has 0 bridgehead atoms. The van der Waals surface area contributed by atoms with Crippen molar-refractivity contribution in [3.05, 3.63) is 101 Å². The van der Waals surface area contributed by atoms with Crippen molar-refractivity contribution in [2.75, 3.05) is 22.9 Å². The number of aromatic nitrogens is 1. The summed E-state index contributed by atoms with van der Waals surface area (Å²) in [7, 11) is -1.85. The molecule has 0 fully saturated rings. The van der Waals surface area contributed by atoms with Crippen LogP contribution >= 0.6 is 11.3 Å². The molecule has 4 rings (SSSR count). The van der Waals surface area contributed by atoms with Gasteiger partial charge in [-0.05, 0) is 24.3 Å². The summed E-state index contributed by atoms with van der Waals surface area (Å²) in [6, 6.07) is 22.4. The van der Waals surface area contributed by atoms with Crippen LogP contribution in [-0.2, 0) is 10.0 Å². The number of ketones is 1. The van der Waals surface area contributed by atoms with Crippen LogP contribution < -0.4 is 9.62 Å². The van der Waals surface area contributed by atoms with E-state index in [0.717, 1.165) is 11.8 Å². The lowest BCUT2D eigenvalue weighted by Crippen LogP contribution is -2.24. The molecule has 4 aromatic rings. The second-order valence-corrected chi connectivity index (χ2v) is 10.4. The molecule has 1 heterocycles. The van der Waals surface area contributed by atoms with Crippen LogP contribution in [0.3, 0.4) is 0 Å². The number of sulfonamides is 1. The first-order valence-corrected chi connectivity index (χ1v) is 13.0. The number of carbonyl (C=O) groups is 2. The van der Waals surface area contributed by atoms with Crippen LogP contribution in [0.2, 0.25) is 0 Å². The van der Waals surface area contributed by atoms with Gasteiger partial charge in [-0.1, -0.05) is 54.6 Å². The Hall–Kier alpha value is -3.82. The topological polar surface area (TPSA) is 96.4 Å². The first-order valence-electron chi connectivity index (χ1n) is 10.2. The van der Waals surface area contributed by atoms with Gasteiger partial charge in [-0.25, -0.2) is 13.4 Å². The largest absolute Gasteiger partial charge is 0.298 e. The summed E-state index contributed by atoms with van der Waals surface area (Å²) in [5, 5.41) is 5.02. The molecule has 0 atom stereocenters. The van der Waals surface area contributed by atoms with E-state index in [9.17, 15) is 18.0 Å². The maximum absolute atomic E-state index is 12.6. The van der Waals surface area contributed by atoms with Crippen LogP contribution in [0, 0.1) is 0 Å². The van der Waals surface area contributed by atoms with Crippen LogP contribution in [0.25, 0.3) is 11.3 Å². The molecule has 0 aliphatic rings. The van der Waals surface area contributed by atoms with E-state index in [1.165, 1.54) is 22.7 Å². The molecule has 0 radical (unpaired) electrons. The van der Waals surface area contributed by atoms with Crippen molar-refractivity contribution < 1.29 is 18.0 Å². The van der Waals surface area contributed by atoms with Gasteiger partial charge < -0.3 is 0 Å². The first kappa shape index (κ1) is 23.3. The molecular weight excluding hydrogens is 470 g/mol. The Morgan fingerprint density at radius 2 is 1.44 bits per heavy atom. The minimum absolute atomic E-state index is 0.106. The molecule has 0 saturated heterocycles. The molecular formula is C25H21N3O4S2. The number of benzene rings is 3. The van der Waals surface area contributed by atoms with E-state index in [-0.39, 0.29) is 11.7 Å². The van der Waals surface area contributed by atoms with Gasteiger partial charge in [0, 0.05) is 34.7 Å². The third-order valence-corrected chi connectivity index (χ3v) is 7.16. The van der Waals surface area contributed by atoms with E-state index in [2.05, 4.69) is 10.3 Å². The number of hydrogen-bond donors (Lipinski definition) is 1. The summed E-state index contributed by atoms with van der Waals surface area (Å²) >= 11 is 1.28. The Morgan fingerprint density at radius 3 is 2.06 bits per heavy atom. The predicted octanol–water partition coefficient (Wildman–Crippen LogP) is 4.69. The molecule has 9 heteroatoms. The standard InChI is InChI=1S/C25H21N3O4S2/c1-28(34(2,31)32)21-14-12-17(13-15-21)22-16-33-25(26-22)27-24(30)20-10-8-19(9-11-20)23(29)18-6-4-3-5-7-18/h3-16H,1-2H3,(H,26,27,30). The maximum atomic E-state index is 12.6. The van der Waals surface area contributed by atoms with Gasteiger partial charge in [-0.3, -0.25) is 19.2 Å². The molecule has 0 unspecified atom stereocenters. The number of hydrogen-bond acceptors (Lipinski definition) is 6. The summed E-state index contributed by atoms with van der Waals surface area (Å²) in [5.41, 5.74) is 3.51. The fourth-order valence-electron chi connectivity index (χ4n) is 3.20. The molecule has 1 aromatic heterocycles. The van der Waals surface area contributed by atoms with E-state index in [0.29, 0.717) is 33.2 Å². The molecule has 3 aromatic carbocycles. The number of anilines is 2. The SMILES string of the molecule is CN(c1ccc(-c2csc(NC(=O)c3ccc(C(=O)c4ccccc4)cc3)n2)cc1)S(C)(=O)=O. The zero-order chi connectivity index (χ0) is 24.3. The van der Waals surface area contributed by atoms with Gasteiger partial charge in [0.05, 0.1) is 17.6 Å². The lowest BCUT2D eigenvalue weighted by Gasteiger charge is -2.16. The number of carbonyl (C=O) groups excluding carboxylic acids is 2. The Bertz CT molecular complexity index is 1430. The van der Waals surface area contributed by atoms with Gasteiger partial charge in [0.2, 0.25) is 10.0 Å². The maximum Gasteiger partial charge on any atom is 0.257 e. The van der Waals surface area contributed by atoms with Gasteiger partial charge in [-0.15, -0.1) is 11.3 Å². The highest BCUT2D eigenvalue weighted by Crippen LogP contribution is 2.27. The lowest BCUT2D eigenvalue weighted by atomic mass is 10.0.